The number of nitrogens with zero attached hydrogens (tertiary/aromatic N) is 4. The lowest BCUT2D eigenvalue weighted by Gasteiger charge is -2.15. The van der Waals surface area contributed by atoms with Crippen LogP contribution in [-0.2, 0) is 6.18 Å². The highest BCUT2D eigenvalue weighted by molar-refractivity contribution is 6.04. The fraction of sp³-hybridized carbons (Fsp3) is 0.120. The Morgan fingerprint density at radius 2 is 1.68 bits per heavy atom. The fourth-order valence-electron chi connectivity index (χ4n) is 3.95. The van der Waals surface area contributed by atoms with Gasteiger partial charge in [0.15, 0.2) is 0 Å². The van der Waals surface area contributed by atoms with Crippen LogP contribution in [0.25, 0.3) is 32.8 Å². The molecule has 6 nitrogen and oxygen atoms in total. The first kappa shape index (κ1) is 21.6. The molecule has 0 saturated carbocycles. The molecule has 5 aromatic rings. The first-order chi connectivity index (χ1) is 16.3. The second-order valence-corrected chi connectivity index (χ2v) is 7.78. The number of hydrogen-bond donors (Lipinski definition) is 2. The molecule has 0 spiro atoms. The summed E-state index contributed by atoms with van der Waals surface area (Å²) in [5.74, 6) is 1.04. The van der Waals surface area contributed by atoms with Crippen LogP contribution in [-0.4, -0.2) is 27.0 Å². The molecular weight excluding hydrogens is 441 g/mol. The minimum atomic E-state index is -4.45. The van der Waals surface area contributed by atoms with Crippen molar-refractivity contribution in [3.63, 3.8) is 0 Å². The van der Waals surface area contributed by atoms with Gasteiger partial charge in [0.2, 0.25) is 5.95 Å². The van der Waals surface area contributed by atoms with Crippen LogP contribution in [0.15, 0.2) is 67.1 Å². The molecular formula is C25H19F3N6. The van der Waals surface area contributed by atoms with Gasteiger partial charge < -0.3 is 10.6 Å². The van der Waals surface area contributed by atoms with E-state index in [-0.39, 0.29) is 5.82 Å². The number of pyridine rings is 2. The van der Waals surface area contributed by atoms with E-state index in [2.05, 4.69) is 30.6 Å². The third-order valence-electron chi connectivity index (χ3n) is 5.58. The Bertz CT molecular complexity index is 1530. The summed E-state index contributed by atoms with van der Waals surface area (Å²) in [5.41, 5.74) is 3.07. The quantitative estimate of drug-likeness (QED) is 0.325. The van der Waals surface area contributed by atoms with Crippen LogP contribution in [0.2, 0.25) is 0 Å². The summed E-state index contributed by atoms with van der Waals surface area (Å²) in [6.07, 6.45) is 0.0720. The maximum Gasteiger partial charge on any atom is 0.416 e. The van der Waals surface area contributed by atoms with E-state index in [4.69, 9.17) is 0 Å². The number of anilines is 3. The van der Waals surface area contributed by atoms with Gasteiger partial charge in [0.05, 0.1) is 11.1 Å². The highest BCUT2D eigenvalue weighted by Crippen LogP contribution is 2.36. The molecule has 0 saturated heterocycles. The van der Waals surface area contributed by atoms with Crippen molar-refractivity contribution in [3.05, 3.63) is 78.2 Å². The van der Waals surface area contributed by atoms with Gasteiger partial charge in [0, 0.05) is 36.4 Å². The van der Waals surface area contributed by atoms with Crippen LogP contribution in [0.1, 0.15) is 11.1 Å². The molecule has 0 fully saturated rings. The van der Waals surface area contributed by atoms with Crippen LogP contribution < -0.4 is 10.6 Å². The lowest BCUT2D eigenvalue weighted by Crippen LogP contribution is -2.06. The SMILES string of the molecule is CNc1ncc2cc(-c3c(C)ccc4c(Nc5cc(C(F)(F)F)ccn5)nccc34)ccc2n1. The van der Waals surface area contributed by atoms with Gasteiger partial charge in [0.1, 0.15) is 11.6 Å². The molecule has 0 atom stereocenters. The van der Waals surface area contributed by atoms with Crippen molar-refractivity contribution in [2.75, 3.05) is 17.7 Å². The van der Waals surface area contributed by atoms with Crippen LogP contribution in [0.3, 0.4) is 0 Å². The molecule has 2 N–H and O–H groups in total. The molecule has 0 aliphatic rings. The van der Waals surface area contributed by atoms with Crippen LogP contribution in [0.4, 0.5) is 30.8 Å². The molecule has 0 bridgehead atoms. The normalized spacial score (nSPS) is 11.7. The Kier molecular flexibility index (Phi) is 5.24. The maximum atomic E-state index is 13.1. The van der Waals surface area contributed by atoms with Gasteiger partial charge in [-0.3, -0.25) is 0 Å². The number of alkyl halides is 3. The summed E-state index contributed by atoms with van der Waals surface area (Å²) in [5, 5.41) is 8.46. The van der Waals surface area contributed by atoms with Crippen LogP contribution >= 0.6 is 0 Å². The highest BCUT2D eigenvalue weighted by atomic mass is 19.4. The molecule has 0 aliphatic carbocycles. The molecule has 0 amide bonds. The number of hydrogen-bond acceptors (Lipinski definition) is 6. The molecule has 9 heteroatoms. The minimum absolute atomic E-state index is 0.0696. The van der Waals surface area contributed by atoms with Crippen molar-refractivity contribution in [2.45, 2.75) is 13.1 Å². The summed E-state index contributed by atoms with van der Waals surface area (Å²) in [4.78, 5) is 17.2. The van der Waals surface area contributed by atoms with E-state index >= 15 is 0 Å². The van der Waals surface area contributed by atoms with Crippen molar-refractivity contribution in [3.8, 4) is 11.1 Å². The summed E-state index contributed by atoms with van der Waals surface area (Å²) in [7, 11) is 1.77. The first-order valence-corrected chi connectivity index (χ1v) is 10.5. The molecule has 0 unspecified atom stereocenters. The lowest BCUT2D eigenvalue weighted by atomic mass is 9.94. The average Bonchev–Trinajstić information content (AvgIpc) is 2.83. The number of nitrogens with one attached hydrogen (secondary N) is 2. The third-order valence-corrected chi connectivity index (χ3v) is 5.58. The smallest absolute Gasteiger partial charge is 0.357 e. The van der Waals surface area contributed by atoms with Gasteiger partial charge >= 0.3 is 6.18 Å². The van der Waals surface area contributed by atoms with Crippen LogP contribution in [0.5, 0.6) is 0 Å². The number of aryl methyl sites for hydroxylation is 1. The standard InChI is InChI=1S/C25H19F3N6/c1-14-3-5-19-18(22(14)15-4-6-20-16(11-15)13-32-24(29-2)33-20)8-10-31-23(19)34-21-12-17(7-9-30-21)25(26,27)28/h3-13H,1-2H3,(H,29,32,33)(H,30,31,34). The topological polar surface area (TPSA) is 75.6 Å². The molecule has 0 aliphatic heterocycles. The van der Waals surface area contributed by atoms with E-state index in [9.17, 15) is 13.2 Å². The van der Waals surface area contributed by atoms with Crippen molar-refractivity contribution in [1.29, 1.82) is 0 Å². The van der Waals surface area contributed by atoms with Crippen molar-refractivity contribution in [1.82, 2.24) is 19.9 Å². The number of rotatable bonds is 4. The summed E-state index contributed by atoms with van der Waals surface area (Å²) in [6.45, 7) is 2.02. The van der Waals surface area contributed by atoms with Gasteiger partial charge in [-0.25, -0.2) is 19.9 Å². The number of fused-ring (bicyclic) bond motifs is 2. The van der Waals surface area contributed by atoms with Gasteiger partial charge in [-0.15, -0.1) is 0 Å². The average molecular weight is 460 g/mol. The van der Waals surface area contributed by atoms with E-state index in [0.29, 0.717) is 11.8 Å². The molecule has 5 rings (SSSR count). The Morgan fingerprint density at radius 3 is 2.47 bits per heavy atom. The predicted molar refractivity (Wildman–Crippen MR) is 127 cm³/mol. The van der Waals surface area contributed by atoms with Gasteiger partial charge in [-0.2, -0.15) is 13.2 Å². The summed E-state index contributed by atoms with van der Waals surface area (Å²) >= 11 is 0. The number of aromatic nitrogens is 4. The monoisotopic (exact) mass is 460 g/mol. The van der Waals surface area contributed by atoms with E-state index in [1.807, 2.05) is 43.3 Å². The maximum absolute atomic E-state index is 13.1. The van der Waals surface area contributed by atoms with E-state index < -0.39 is 11.7 Å². The third kappa shape index (κ3) is 3.96. The first-order valence-electron chi connectivity index (χ1n) is 10.5. The Morgan fingerprint density at radius 1 is 0.853 bits per heavy atom. The minimum Gasteiger partial charge on any atom is -0.357 e. The summed E-state index contributed by atoms with van der Waals surface area (Å²) < 4.78 is 39.3. The van der Waals surface area contributed by atoms with E-state index in [1.54, 1.807) is 19.4 Å². The van der Waals surface area contributed by atoms with Gasteiger partial charge in [0.25, 0.3) is 0 Å². The second kappa shape index (κ2) is 8.26. The molecule has 2 aromatic carbocycles. The zero-order chi connectivity index (χ0) is 23.9. The van der Waals surface area contributed by atoms with Crippen LogP contribution in [0, 0.1) is 6.92 Å². The number of halogens is 3. The molecule has 0 radical (unpaired) electrons. The molecule has 3 aromatic heterocycles. The van der Waals surface area contributed by atoms with Gasteiger partial charge in [-0.05, 0) is 59.3 Å². The van der Waals surface area contributed by atoms with Gasteiger partial charge in [-0.1, -0.05) is 18.2 Å². The summed E-state index contributed by atoms with van der Waals surface area (Å²) in [6, 6.07) is 13.6. The molecule has 170 valence electrons. The largest absolute Gasteiger partial charge is 0.416 e. The van der Waals surface area contributed by atoms with Crippen molar-refractivity contribution in [2.24, 2.45) is 0 Å². The zero-order valence-electron chi connectivity index (χ0n) is 18.3. The van der Waals surface area contributed by atoms with Crippen molar-refractivity contribution >= 4 is 39.3 Å². The Labute approximate surface area is 192 Å². The fourth-order valence-corrected chi connectivity index (χ4v) is 3.95. The Hall–Kier alpha value is -4.27. The highest BCUT2D eigenvalue weighted by Gasteiger charge is 2.30. The number of benzene rings is 2. The van der Waals surface area contributed by atoms with E-state index in [1.165, 1.54) is 0 Å². The Balaban J connectivity index is 1.61. The second-order valence-electron chi connectivity index (χ2n) is 7.78. The van der Waals surface area contributed by atoms with Crippen molar-refractivity contribution < 1.29 is 13.2 Å². The predicted octanol–water partition coefficient (Wildman–Crippen LogP) is 6.35. The molecule has 3 heterocycles. The molecule has 34 heavy (non-hydrogen) atoms. The van der Waals surface area contributed by atoms with E-state index in [0.717, 1.165) is 56.7 Å². The zero-order valence-corrected chi connectivity index (χ0v) is 18.3. The lowest BCUT2D eigenvalue weighted by molar-refractivity contribution is -0.137.